The Morgan fingerprint density at radius 1 is 1.39 bits per heavy atom. The molecule has 2 nitrogen and oxygen atoms in total. The monoisotopic (exact) mass is 252 g/mol. The van der Waals surface area contributed by atoms with Gasteiger partial charge in [0.15, 0.2) is 0 Å². The van der Waals surface area contributed by atoms with Crippen molar-refractivity contribution < 1.29 is 9.53 Å². The highest BCUT2D eigenvalue weighted by Crippen LogP contribution is 2.35. The Balaban J connectivity index is 2.57. The summed E-state index contributed by atoms with van der Waals surface area (Å²) in [6, 6.07) is 0. The average molecular weight is 252 g/mol. The van der Waals surface area contributed by atoms with Crippen molar-refractivity contribution in [2.75, 3.05) is 0 Å². The number of hydrogen-bond acceptors (Lipinski definition) is 2. The molecule has 0 bridgehead atoms. The molecule has 1 atom stereocenters. The molecule has 0 saturated heterocycles. The largest absolute Gasteiger partial charge is 0.459 e. The third-order valence-corrected chi connectivity index (χ3v) is 4.23. The molecule has 1 rings (SSSR count). The topological polar surface area (TPSA) is 26.3 Å². The molecule has 0 aromatic heterocycles. The zero-order chi connectivity index (χ0) is 13.6. The van der Waals surface area contributed by atoms with Gasteiger partial charge in [-0.2, -0.15) is 0 Å². The van der Waals surface area contributed by atoms with Crippen molar-refractivity contribution >= 4 is 5.97 Å². The maximum absolute atomic E-state index is 12.2. The fourth-order valence-electron chi connectivity index (χ4n) is 2.85. The van der Waals surface area contributed by atoms with Gasteiger partial charge >= 0.3 is 5.97 Å². The molecular weight excluding hydrogens is 224 g/mol. The first-order chi connectivity index (χ1) is 8.51. The lowest BCUT2D eigenvalue weighted by atomic mass is 9.78. The summed E-state index contributed by atoms with van der Waals surface area (Å²) in [4.78, 5) is 12.2. The predicted molar refractivity (Wildman–Crippen MR) is 75.3 cm³/mol. The van der Waals surface area contributed by atoms with E-state index in [-0.39, 0.29) is 17.5 Å². The van der Waals surface area contributed by atoms with Gasteiger partial charge in [-0.15, -0.1) is 6.58 Å². The third-order valence-electron chi connectivity index (χ3n) is 4.23. The van der Waals surface area contributed by atoms with Gasteiger partial charge in [-0.3, -0.25) is 4.79 Å². The van der Waals surface area contributed by atoms with Crippen molar-refractivity contribution in [3.05, 3.63) is 12.7 Å². The van der Waals surface area contributed by atoms with Crippen LogP contribution >= 0.6 is 0 Å². The smallest absolute Gasteiger partial charge is 0.309 e. The Labute approximate surface area is 112 Å². The van der Waals surface area contributed by atoms with E-state index in [0.717, 1.165) is 12.8 Å². The summed E-state index contributed by atoms with van der Waals surface area (Å²) in [5, 5.41) is 0. The summed E-state index contributed by atoms with van der Waals surface area (Å²) in [5.41, 5.74) is -0.313. The molecule has 1 aliphatic carbocycles. The second-order valence-corrected chi connectivity index (χ2v) is 5.99. The van der Waals surface area contributed by atoms with Crippen LogP contribution in [-0.4, -0.2) is 11.6 Å². The molecule has 1 fully saturated rings. The second-order valence-electron chi connectivity index (χ2n) is 5.99. The van der Waals surface area contributed by atoms with Crippen molar-refractivity contribution in [2.24, 2.45) is 11.8 Å². The minimum absolute atomic E-state index is 0.0228. The normalized spacial score (nSPS) is 19.3. The van der Waals surface area contributed by atoms with E-state index in [0.29, 0.717) is 5.92 Å². The molecule has 0 aliphatic heterocycles. The van der Waals surface area contributed by atoms with E-state index in [1.807, 2.05) is 13.0 Å². The first kappa shape index (κ1) is 15.3. The van der Waals surface area contributed by atoms with Gasteiger partial charge in [0.2, 0.25) is 0 Å². The van der Waals surface area contributed by atoms with Gasteiger partial charge in [0.25, 0.3) is 0 Å². The van der Waals surface area contributed by atoms with E-state index >= 15 is 0 Å². The minimum Gasteiger partial charge on any atom is -0.459 e. The lowest BCUT2D eigenvalue weighted by Gasteiger charge is -2.37. The SMILES string of the molecule is C=CCC(CC)C(=O)OC(C)(C)C1CCCCC1. The van der Waals surface area contributed by atoms with Crippen LogP contribution < -0.4 is 0 Å². The van der Waals surface area contributed by atoms with E-state index in [4.69, 9.17) is 4.74 Å². The summed E-state index contributed by atoms with van der Waals surface area (Å²) >= 11 is 0. The highest BCUT2D eigenvalue weighted by molar-refractivity contribution is 5.73. The Hall–Kier alpha value is -0.790. The van der Waals surface area contributed by atoms with Crippen LogP contribution in [0.25, 0.3) is 0 Å². The van der Waals surface area contributed by atoms with Crippen molar-refractivity contribution in [3.63, 3.8) is 0 Å². The molecule has 18 heavy (non-hydrogen) atoms. The van der Waals surface area contributed by atoms with Crippen LogP contribution in [0.3, 0.4) is 0 Å². The van der Waals surface area contributed by atoms with Crippen LogP contribution in [0.1, 0.15) is 65.7 Å². The lowest BCUT2D eigenvalue weighted by molar-refractivity contribution is -0.168. The summed E-state index contributed by atoms with van der Waals surface area (Å²) in [5.74, 6) is 0.453. The van der Waals surface area contributed by atoms with Gasteiger partial charge in [0.1, 0.15) is 5.60 Å². The molecule has 0 amide bonds. The highest BCUT2D eigenvalue weighted by atomic mass is 16.6. The number of rotatable bonds is 6. The second kappa shape index (κ2) is 6.96. The molecule has 2 heteroatoms. The van der Waals surface area contributed by atoms with Gasteiger partial charge in [0, 0.05) is 0 Å². The van der Waals surface area contributed by atoms with Gasteiger partial charge in [-0.25, -0.2) is 0 Å². The average Bonchev–Trinajstić information content (AvgIpc) is 2.36. The van der Waals surface area contributed by atoms with Crippen LogP contribution in [0.5, 0.6) is 0 Å². The molecular formula is C16H28O2. The summed E-state index contributed by atoms with van der Waals surface area (Å²) in [6.45, 7) is 9.88. The molecule has 104 valence electrons. The molecule has 1 aliphatic rings. The quantitative estimate of drug-likeness (QED) is 0.514. The van der Waals surface area contributed by atoms with E-state index < -0.39 is 0 Å². The van der Waals surface area contributed by atoms with Crippen molar-refractivity contribution in [1.29, 1.82) is 0 Å². The molecule has 0 radical (unpaired) electrons. The summed E-state index contributed by atoms with van der Waals surface area (Å²) in [7, 11) is 0. The molecule has 0 aromatic rings. The van der Waals surface area contributed by atoms with Gasteiger partial charge in [0.05, 0.1) is 5.92 Å². The number of carbonyl (C=O) groups is 1. The summed E-state index contributed by atoms with van der Waals surface area (Å²) < 4.78 is 5.80. The maximum Gasteiger partial charge on any atom is 0.309 e. The number of ether oxygens (including phenoxy) is 1. The van der Waals surface area contributed by atoms with Crippen molar-refractivity contribution in [2.45, 2.75) is 71.3 Å². The van der Waals surface area contributed by atoms with Crippen molar-refractivity contribution in [3.8, 4) is 0 Å². The molecule has 0 aromatic carbocycles. The first-order valence-corrected chi connectivity index (χ1v) is 7.35. The molecule has 0 N–H and O–H groups in total. The Morgan fingerprint density at radius 2 is 2.00 bits per heavy atom. The van der Waals surface area contributed by atoms with E-state index in [1.165, 1.54) is 32.1 Å². The number of carbonyl (C=O) groups excluding carboxylic acids is 1. The molecule has 1 saturated carbocycles. The maximum atomic E-state index is 12.2. The lowest BCUT2D eigenvalue weighted by Crippen LogP contribution is -2.39. The first-order valence-electron chi connectivity index (χ1n) is 7.35. The summed E-state index contributed by atoms with van der Waals surface area (Å²) in [6.07, 6.45) is 9.61. The number of hydrogen-bond donors (Lipinski definition) is 0. The highest BCUT2D eigenvalue weighted by Gasteiger charge is 2.35. The Morgan fingerprint density at radius 3 is 2.50 bits per heavy atom. The third kappa shape index (κ3) is 4.15. The van der Waals surface area contributed by atoms with E-state index in [9.17, 15) is 4.79 Å². The fraction of sp³-hybridized carbons (Fsp3) is 0.812. The zero-order valence-electron chi connectivity index (χ0n) is 12.2. The van der Waals surface area contributed by atoms with Crippen LogP contribution in [-0.2, 0) is 9.53 Å². The standard InChI is InChI=1S/C16H28O2/c1-5-10-13(6-2)15(17)18-16(3,4)14-11-8-7-9-12-14/h5,13-14H,1,6-12H2,2-4H3. The van der Waals surface area contributed by atoms with Gasteiger partial charge in [-0.05, 0) is 45.4 Å². The number of allylic oxidation sites excluding steroid dienone is 1. The number of esters is 1. The fourth-order valence-corrected chi connectivity index (χ4v) is 2.85. The van der Waals surface area contributed by atoms with E-state index in [1.54, 1.807) is 0 Å². The Bertz CT molecular complexity index is 275. The minimum atomic E-state index is -0.313. The predicted octanol–water partition coefficient (Wildman–Crippen LogP) is 4.49. The van der Waals surface area contributed by atoms with E-state index in [2.05, 4.69) is 20.4 Å². The molecule has 0 spiro atoms. The Kier molecular flexibility index (Phi) is 5.90. The van der Waals surface area contributed by atoms with Gasteiger partial charge < -0.3 is 4.74 Å². The zero-order valence-corrected chi connectivity index (χ0v) is 12.2. The molecule has 0 heterocycles. The molecule has 1 unspecified atom stereocenters. The van der Waals surface area contributed by atoms with Crippen LogP contribution in [0.4, 0.5) is 0 Å². The van der Waals surface area contributed by atoms with Crippen molar-refractivity contribution in [1.82, 2.24) is 0 Å². The van der Waals surface area contributed by atoms with Crippen LogP contribution in [0, 0.1) is 11.8 Å². The van der Waals surface area contributed by atoms with Crippen LogP contribution in [0.2, 0.25) is 0 Å². The van der Waals surface area contributed by atoms with Gasteiger partial charge in [-0.1, -0.05) is 32.3 Å². The van der Waals surface area contributed by atoms with Crippen LogP contribution in [0.15, 0.2) is 12.7 Å².